The van der Waals surface area contributed by atoms with E-state index >= 15 is 0 Å². The van der Waals surface area contributed by atoms with Crippen LogP contribution in [0.5, 0.6) is 0 Å². The third-order valence-electron chi connectivity index (χ3n) is 3.62. The molecule has 0 spiro atoms. The number of benzene rings is 2. The Morgan fingerprint density at radius 2 is 1.45 bits per heavy atom. The van der Waals surface area contributed by atoms with Gasteiger partial charge in [-0.25, -0.2) is 0 Å². The summed E-state index contributed by atoms with van der Waals surface area (Å²) in [6.45, 7) is 1.66. The minimum atomic E-state index is -0.842. The van der Waals surface area contributed by atoms with Crippen LogP contribution in [0, 0.1) is 5.92 Å². The molecule has 0 fully saturated rings. The van der Waals surface area contributed by atoms with Gasteiger partial charge in [-0.1, -0.05) is 54.6 Å². The van der Waals surface area contributed by atoms with Crippen molar-refractivity contribution in [1.82, 2.24) is 0 Å². The Labute approximate surface area is 128 Å². The Morgan fingerprint density at radius 3 is 2.05 bits per heavy atom. The third-order valence-corrected chi connectivity index (χ3v) is 3.62. The summed E-state index contributed by atoms with van der Waals surface area (Å²) >= 11 is 0. The normalized spacial score (nSPS) is 15.6. The molecule has 0 radical (unpaired) electrons. The van der Waals surface area contributed by atoms with Gasteiger partial charge in [-0.2, -0.15) is 10.2 Å². The Balaban J connectivity index is 1.83. The summed E-state index contributed by atoms with van der Waals surface area (Å²) in [5.74, 6) is -1.24. The van der Waals surface area contributed by atoms with Gasteiger partial charge in [0.2, 0.25) is 0 Å². The number of rotatable bonds is 3. The molecule has 0 amide bonds. The second-order valence-electron chi connectivity index (χ2n) is 5.10. The van der Waals surface area contributed by atoms with Gasteiger partial charge in [0.05, 0.1) is 11.9 Å². The van der Waals surface area contributed by atoms with Gasteiger partial charge >= 0.3 is 0 Å². The molecule has 2 aromatic rings. The zero-order valence-electron chi connectivity index (χ0n) is 12.1. The second-order valence-corrected chi connectivity index (χ2v) is 5.10. The molecule has 0 aliphatic heterocycles. The maximum Gasteiger partial charge on any atom is 0.180 e. The number of hydrogen-bond donors (Lipinski definition) is 0. The maximum absolute atomic E-state index is 12.3. The van der Waals surface area contributed by atoms with Crippen LogP contribution in [0.2, 0.25) is 0 Å². The Bertz CT molecular complexity index is 757. The average Bonchev–Trinajstić information content (AvgIpc) is 2.80. The van der Waals surface area contributed by atoms with Crippen LogP contribution in [0.4, 0.5) is 0 Å². The lowest BCUT2D eigenvalue weighted by atomic mass is 9.99. The van der Waals surface area contributed by atoms with Gasteiger partial charge in [-0.15, -0.1) is 0 Å². The summed E-state index contributed by atoms with van der Waals surface area (Å²) in [4.78, 5) is 24.7. The summed E-state index contributed by atoms with van der Waals surface area (Å²) in [6.07, 6.45) is 1.60. The number of fused-ring (bicyclic) bond motifs is 1. The van der Waals surface area contributed by atoms with Crippen LogP contribution < -0.4 is 0 Å². The maximum atomic E-state index is 12.3. The van der Waals surface area contributed by atoms with Gasteiger partial charge in [-0.05, 0) is 12.5 Å². The van der Waals surface area contributed by atoms with Crippen molar-refractivity contribution in [2.24, 2.45) is 16.1 Å². The highest BCUT2D eigenvalue weighted by Gasteiger charge is 2.40. The highest BCUT2D eigenvalue weighted by Crippen LogP contribution is 2.27. The first-order chi connectivity index (χ1) is 10.7. The van der Waals surface area contributed by atoms with E-state index in [0.717, 1.165) is 5.56 Å². The van der Waals surface area contributed by atoms with Crippen molar-refractivity contribution in [2.75, 3.05) is 0 Å². The molecule has 0 saturated carbocycles. The molecule has 0 unspecified atom stereocenters. The first-order valence-electron chi connectivity index (χ1n) is 6.98. The number of Topliss-reactive ketones (excluding diaryl/α,β-unsaturated/α-hetero) is 2. The third kappa shape index (κ3) is 2.51. The highest BCUT2D eigenvalue weighted by molar-refractivity contribution is 6.36. The zero-order valence-corrected chi connectivity index (χ0v) is 12.1. The van der Waals surface area contributed by atoms with E-state index in [0.29, 0.717) is 16.8 Å². The van der Waals surface area contributed by atoms with Gasteiger partial charge in [0.25, 0.3) is 0 Å². The van der Waals surface area contributed by atoms with Crippen LogP contribution in [0.25, 0.3) is 0 Å². The lowest BCUT2D eigenvalue weighted by Gasteiger charge is -2.03. The van der Waals surface area contributed by atoms with Gasteiger partial charge in [-0.3, -0.25) is 9.59 Å². The molecular formula is C18H14N2O2. The minimum absolute atomic E-state index is 0.197. The summed E-state index contributed by atoms with van der Waals surface area (Å²) in [5, 5.41) is 8.01. The van der Waals surface area contributed by atoms with Crippen molar-refractivity contribution < 1.29 is 9.59 Å². The number of carbonyl (C=O) groups excluding carboxylic acids is 2. The molecule has 0 N–H and O–H groups in total. The predicted molar refractivity (Wildman–Crippen MR) is 85.7 cm³/mol. The van der Waals surface area contributed by atoms with Crippen LogP contribution >= 0.6 is 0 Å². The van der Waals surface area contributed by atoms with Crippen molar-refractivity contribution in [3.63, 3.8) is 0 Å². The summed E-state index contributed by atoms with van der Waals surface area (Å²) in [5.41, 5.74) is 2.27. The zero-order chi connectivity index (χ0) is 15.5. The molecule has 0 heterocycles. The molecule has 0 aromatic heterocycles. The van der Waals surface area contributed by atoms with E-state index in [2.05, 4.69) is 10.2 Å². The lowest BCUT2D eigenvalue weighted by Crippen LogP contribution is -2.23. The monoisotopic (exact) mass is 290 g/mol. The second kappa shape index (κ2) is 5.85. The molecule has 1 aliphatic carbocycles. The SMILES string of the molecule is CC(=NN=Cc1ccccc1)C1C(=O)c2ccccc2C1=O. The molecule has 1 aliphatic rings. The van der Waals surface area contributed by atoms with E-state index in [4.69, 9.17) is 0 Å². The molecule has 22 heavy (non-hydrogen) atoms. The number of ketones is 2. The standard InChI is InChI=1S/C18H14N2O2/c1-12(20-19-11-13-7-3-2-4-8-13)16-17(21)14-9-5-6-10-15(14)18(16)22/h2-11,16H,1H3. The van der Waals surface area contributed by atoms with Crippen LogP contribution in [0.15, 0.2) is 64.8 Å². The quantitative estimate of drug-likeness (QED) is 0.495. The molecule has 0 bridgehead atoms. The van der Waals surface area contributed by atoms with E-state index < -0.39 is 5.92 Å². The fourth-order valence-electron chi connectivity index (χ4n) is 2.51. The van der Waals surface area contributed by atoms with Gasteiger partial charge < -0.3 is 0 Å². The molecule has 3 rings (SSSR count). The first kappa shape index (κ1) is 14.1. The Kier molecular flexibility index (Phi) is 3.74. The largest absolute Gasteiger partial charge is 0.293 e. The number of hydrogen-bond acceptors (Lipinski definition) is 4. The lowest BCUT2D eigenvalue weighted by molar-refractivity contribution is 0.0883. The van der Waals surface area contributed by atoms with Gasteiger partial charge in [0.15, 0.2) is 11.6 Å². The van der Waals surface area contributed by atoms with Gasteiger partial charge in [0, 0.05) is 11.1 Å². The summed E-state index contributed by atoms with van der Waals surface area (Å²) in [6, 6.07) is 16.4. The van der Waals surface area contributed by atoms with Crippen molar-refractivity contribution in [3.05, 3.63) is 71.3 Å². The Hall–Kier alpha value is -2.88. The van der Waals surface area contributed by atoms with E-state index in [1.807, 2.05) is 30.3 Å². The minimum Gasteiger partial charge on any atom is -0.293 e. The van der Waals surface area contributed by atoms with Crippen LogP contribution in [0.3, 0.4) is 0 Å². The van der Waals surface area contributed by atoms with Crippen LogP contribution in [-0.2, 0) is 0 Å². The van der Waals surface area contributed by atoms with Crippen molar-refractivity contribution in [1.29, 1.82) is 0 Å². The fraction of sp³-hybridized carbons (Fsp3) is 0.111. The molecule has 4 heteroatoms. The number of carbonyl (C=O) groups is 2. The van der Waals surface area contributed by atoms with Crippen LogP contribution in [-0.4, -0.2) is 23.5 Å². The van der Waals surface area contributed by atoms with Crippen molar-refractivity contribution in [3.8, 4) is 0 Å². The van der Waals surface area contributed by atoms with E-state index in [1.165, 1.54) is 0 Å². The molecular weight excluding hydrogens is 276 g/mol. The average molecular weight is 290 g/mol. The smallest absolute Gasteiger partial charge is 0.180 e. The van der Waals surface area contributed by atoms with Crippen molar-refractivity contribution in [2.45, 2.75) is 6.92 Å². The highest BCUT2D eigenvalue weighted by atomic mass is 16.2. The Morgan fingerprint density at radius 1 is 0.909 bits per heavy atom. The van der Waals surface area contributed by atoms with Gasteiger partial charge in [0.1, 0.15) is 5.92 Å². The molecule has 2 aromatic carbocycles. The molecule has 0 atom stereocenters. The first-order valence-corrected chi connectivity index (χ1v) is 6.98. The van der Waals surface area contributed by atoms with E-state index in [1.54, 1.807) is 37.4 Å². The van der Waals surface area contributed by atoms with Crippen LogP contribution in [0.1, 0.15) is 33.2 Å². The molecule has 108 valence electrons. The number of nitrogens with zero attached hydrogens (tertiary/aromatic N) is 2. The summed E-state index contributed by atoms with van der Waals surface area (Å²) < 4.78 is 0. The molecule has 4 nitrogen and oxygen atoms in total. The topological polar surface area (TPSA) is 58.9 Å². The summed E-state index contributed by atoms with van der Waals surface area (Å²) in [7, 11) is 0. The van der Waals surface area contributed by atoms with Crippen molar-refractivity contribution >= 4 is 23.5 Å². The predicted octanol–water partition coefficient (Wildman–Crippen LogP) is 3.18. The fourth-order valence-corrected chi connectivity index (χ4v) is 2.51. The van der Waals surface area contributed by atoms with E-state index in [-0.39, 0.29) is 11.6 Å². The molecule has 0 saturated heterocycles. The van der Waals surface area contributed by atoms with E-state index in [9.17, 15) is 9.59 Å².